The van der Waals surface area contributed by atoms with Crippen LogP contribution in [0.15, 0.2) is 36.9 Å². The van der Waals surface area contributed by atoms with Crippen LogP contribution in [0.4, 0.5) is 0 Å². The second-order valence-corrected chi connectivity index (χ2v) is 4.91. The maximum absolute atomic E-state index is 11.5. The molecule has 3 heteroatoms. The fraction of sp³-hybridized carbons (Fsp3) is 0.357. The topological polar surface area (TPSA) is 20.3 Å². The van der Waals surface area contributed by atoms with Crippen LogP contribution in [0.1, 0.15) is 12.0 Å². The van der Waals surface area contributed by atoms with E-state index < -0.39 is 0 Å². The van der Waals surface area contributed by atoms with E-state index >= 15 is 0 Å². The summed E-state index contributed by atoms with van der Waals surface area (Å²) >= 11 is 5.95. The van der Waals surface area contributed by atoms with Gasteiger partial charge in [0.1, 0.15) is 0 Å². The molecule has 1 heterocycles. The van der Waals surface area contributed by atoms with Crippen molar-refractivity contribution in [3.8, 4) is 0 Å². The molecule has 0 aliphatic carbocycles. The minimum absolute atomic E-state index is 0.0404. The molecular weight excluding hydrogens is 234 g/mol. The molecule has 0 aromatic heterocycles. The van der Waals surface area contributed by atoms with Gasteiger partial charge in [0.25, 0.3) is 0 Å². The minimum atomic E-state index is 0.0404. The molecule has 1 unspecified atom stereocenters. The van der Waals surface area contributed by atoms with Gasteiger partial charge in [-0.25, -0.2) is 0 Å². The van der Waals surface area contributed by atoms with E-state index in [0.29, 0.717) is 5.92 Å². The zero-order valence-corrected chi connectivity index (χ0v) is 10.5. The van der Waals surface area contributed by atoms with Crippen molar-refractivity contribution in [2.75, 3.05) is 13.1 Å². The predicted molar refractivity (Wildman–Crippen MR) is 70.0 cm³/mol. The summed E-state index contributed by atoms with van der Waals surface area (Å²) in [5.74, 6) is 0.580. The van der Waals surface area contributed by atoms with Crippen LogP contribution in [0.2, 0.25) is 5.02 Å². The Labute approximate surface area is 107 Å². The summed E-state index contributed by atoms with van der Waals surface area (Å²) in [6.07, 6.45) is 3.44. The molecule has 1 atom stereocenters. The van der Waals surface area contributed by atoms with Gasteiger partial charge < -0.3 is 4.90 Å². The van der Waals surface area contributed by atoms with Crippen molar-refractivity contribution in [2.45, 2.75) is 12.8 Å². The molecule has 1 aliphatic heterocycles. The van der Waals surface area contributed by atoms with Gasteiger partial charge in [-0.05, 0) is 42.5 Å². The van der Waals surface area contributed by atoms with Gasteiger partial charge in [-0.2, -0.15) is 0 Å². The summed E-state index contributed by atoms with van der Waals surface area (Å²) in [5, 5.41) is 0.777. The standard InChI is InChI=1S/C14H16ClNO/c1-2-14(17)16-7-6-12(10-16)8-11-4-3-5-13(15)9-11/h2-5,9,12H,1,6-8,10H2. The number of halogens is 1. The Balaban J connectivity index is 1.94. The van der Waals surface area contributed by atoms with Gasteiger partial charge in [-0.3, -0.25) is 4.79 Å². The third kappa shape index (κ3) is 3.10. The van der Waals surface area contributed by atoms with Gasteiger partial charge in [0, 0.05) is 18.1 Å². The smallest absolute Gasteiger partial charge is 0.245 e. The van der Waals surface area contributed by atoms with Crippen LogP contribution in [0.3, 0.4) is 0 Å². The molecule has 2 nitrogen and oxygen atoms in total. The number of rotatable bonds is 3. The van der Waals surface area contributed by atoms with E-state index in [9.17, 15) is 4.79 Å². The zero-order chi connectivity index (χ0) is 12.3. The number of likely N-dealkylation sites (tertiary alicyclic amines) is 1. The molecule has 1 aromatic rings. The highest BCUT2D eigenvalue weighted by Gasteiger charge is 2.24. The van der Waals surface area contributed by atoms with E-state index in [2.05, 4.69) is 12.6 Å². The van der Waals surface area contributed by atoms with Crippen molar-refractivity contribution >= 4 is 17.5 Å². The quantitative estimate of drug-likeness (QED) is 0.755. The largest absolute Gasteiger partial charge is 0.339 e. The third-order valence-electron chi connectivity index (χ3n) is 3.19. The molecule has 2 rings (SSSR count). The van der Waals surface area contributed by atoms with Crippen LogP contribution in [-0.4, -0.2) is 23.9 Å². The van der Waals surface area contributed by atoms with Gasteiger partial charge in [-0.1, -0.05) is 30.3 Å². The van der Waals surface area contributed by atoms with E-state index in [-0.39, 0.29) is 5.91 Å². The fourth-order valence-electron chi connectivity index (χ4n) is 2.33. The summed E-state index contributed by atoms with van der Waals surface area (Å²) in [6.45, 7) is 5.19. The van der Waals surface area contributed by atoms with Crippen molar-refractivity contribution in [1.29, 1.82) is 0 Å². The lowest BCUT2D eigenvalue weighted by atomic mass is 9.99. The molecule has 1 saturated heterocycles. The number of amides is 1. The van der Waals surface area contributed by atoms with Crippen LogP contribution < -0.4 is 0 Å². The Morgan fingerprint density at radius 3 is 3.12 bits per heavy atom. The lowest BCUT2D eigenvalue weighted by molar-refractivity contribution is -0.125. The Kier molecular flexibility index (Phi) is 3.85. The highest BCUT2D eigenvalue weighted by atomic mass is 35.5. The van der Waals surface area contributed by atoms with Gasteiger partial charge >= 0.3 is 0 Å². The first-order valence-electron chi connectivity index (χ1n) is 5.85. The number of hydrogen-bond donors (Lipinski definition) is 0. The molecule has 0 radical (unpaired) electrons. The maximum atomic E-state index is 11.5. The molecule has 17 heavy (non-hydrogen) atoms. The number of carbonyl (C=O) groups excluding carboxylic acids is 1. The molecule has 90 valence electrons. The van der Waals surface area contributed by atoms with Crippen molar-refractivity contribution < 1.29 is 4.79 Å². The fourth-order valence-corrected chi connectivity index (χ4v) is 2.54. The second-order valence-electron chi connectivity index (χ2n) is 4.48. The van der Waals surface area contributed by atoms with E-state index in [4.69, 9.17) is 11.6 Å². The van der Waals surface area contributed by atoms with Crippen molar-refractivity contribution in [1.82, 2.24) is 4.90 Å². The predicted octanol–water partition coefficient (Wildman–Crippen LogP) is 2.92. The van der Waals surface area contributed by atoms with E-state index in [1.54, 1.807) is 0 Å². The Hall–Kier alpha value is -1.28. The molecule has 1 fully saturated rings. The first kappa shape index (κ1) is 12.2. The SMILES string of the molecule is C=CC(=O)N1CCC(Cc2cccc(Cl)c2)C1. The minimum Gasteiger partial charge on any atom is -0.339 e. The maximum Gasteiger partial charge on any atom is 0.245 e. The third-order valence-corrected chi connectivity index (χ3v) is 3.42. The molecular formula is C14H16ClNO. The molecule has 1 aliphatic rings. The Bertz CT molecular complexity index is 430. The number of benzene rings is 1. The molecule has 1 amide bonds. The highest BCUT2D eigenvalue weighted by Crippen LogP contribution is 2.22. The van der Waals surface area contributed by atoms with Crippen LogP contribution in [0.25, 0.3) is 0 Å². The zero-order valence-electron chi connectivity index (χ0n) is 9.73. The summed E-state index contributed by atoms with van der Waals surface area (Å²) in [6, 6.07) is 7.94. The lowest BCUT2D eigenvalue weighted by Crippen LogP contribution is -2.26. The van der Waals surface area contributed by atoms with E-state index in [0.717, 1.165) is 31.0 Å². The summed E-state index contributed by atoms with van der Waals surface area (Å²) in [4.78, 5) is 13.3. The van der Waals surface area contributed by atoms with Gasteiger partial charge in [0.15, 0.2) is 0 Å². The van der Waals surface area contributed by atoms with Gasteiger partial charge in [-0.15, -0.1) is 0 Å². The number of hydrogen-bond acceptors (Lipinski definition) is 1. The molecule has 0 saturated carbocycles. The van der Waals surface area contributed by atoms with Gasteiger partial charge in [0.05, 0.1) is 0 Å². The average Bonchev–Trinajstić information content (AvgIpc) is 2.76. The number of carbonyl (C=O) groups is 1. The molecule has 0 N–H and O–H groups in total. The van der Waals surface area contributed by atoms with Crippen LogP contribution >= 0.6 is 11.6 Å². The van der Waals surface area contributed by atoms with Crippen LogP contribution in [-0.2, 0) is 11.2 Å². The Morgan fingerprint density at radius 1 is 1.59 bits per heavy atom. The first-order chi connectivity index (χ1) is 8.19. The second kappa shape index (κ2) is 5.37. The highest BCUT2D eigenvalue weighted by molar-refractivity contribution is 6.30. The summed E-state index contributed by atoms with van der Waals surface area (Å²) in [5.41, 5.74) is 1.25. The summed E-state index contributed by atoms with van der Waals surface area (Å²) < 4.78 is 0. The first-order valence-corrected chi connectivity index (χ1v) is 6.22. The van der Waals surface area contributed by atoms with Gasteiger partial charge in [0.2, 0.25) is 5.91 Å². The van der Waals surface area contributed by atoms with Crippen molar-refractivity contribution in [3.63, 3.8) is 0 Å². The molecule has 0 bridgehead atoms. The van der Waals surface area contributed by atoms with Crippen molar-refractivity contribution in [3.05, 3.63) is 47.5 Å². The van der Waals surface area contributed by atoms with Crippen LogP contribution in [0.5, 0.6) is 0 Å². The summed E-state index contributed by atoms with van der Waals surface area (Å²) in [7, 11) is 0. The monoisotopic (exact) mass is 249 g/mol. The van der Waals surface area contributed by atoms with E-state index in [1.165, 1.54) is 11.6 Å². The Morgan fingerprint density at radius 2 is 2.41 bits per heavy atom. The van der Waals surface area contributed by atoms with E-state index in [1.807, 2.05) is 23.1 Å². The number of nitrogens with zero attached hydrogens (tertiary/aromatic N) is 1. The van der Waals surface area contributed by atoms with Crippen molar-refractivity contribution in [2.24, 2.45) is 5.92 Å². The van der Waals surface area contributed by atoms with Crippen LogP contribution in [0, 0.1) is 5.92 Å². The lowest BCUT2D eigenvalue weighted by Gasteiger charge is -2.14. The molecule has 1 aromatic carbocycles. The molecule has 0 spiro atoms. The average molecular weight is 250 g/mol. The normalized spacial score (nSPS) is 19.4.